The van der Waals surface area contributed by atoms with Crippen molar-refractivity contribution >= 4 is 95.9 Å². The van der Waals surface area contributed by atoms with Crippen LogP contribution in [0.1, 0.15) is 9.67 Å². The number of benzene rings is 2. The van der Waals surface area contributed by atoms with Crippen molar-refractivity contribution in [2.75, 3.05) is 5.32 Å². The minimum atomic E-state index is -0.369. The summed E-state index contributed by atoms with van der Waals surface area (Å²) in [4.78, 5) is 17.4. The summed E-state index contributed by atoms with van der Waals surface area (Å²) in [6, 6.07) is 12.8. The predicted octanol–water partition coefficient (Wildman–Crippen LogP) is 7.11. The largest absolute Gasteiger partial charge is 0.308 e. The Morgan fingerprint density at radius 2 is 1.90 bits per heavy atom. The molecule has 0 radical (unpaired) electrons. The lowest BCUT2D eigenvalue weighted by atomic mass is 10.2. The molecule has 0 bridgehead atoms. The molecule has 0 aliphatic carbocycles. The zero-order valence-electron chi connectivity index (χ0n) is 14.3. The van der Waals surface area contributed by atoms with Crippen LogP contribution in [0.25, 0.3) is 21.3 Å². The molecule has 1 amide bonds. The number of hydrogen-bond donors (Lipinski definition) is 2. The van der Waals surface area contributed by atoms with Gasteiger partial charge in [-0.15, -0.1) is 22.7 Å². The van der Waals surface area contributed by atoms with Crippen molar-refractivity contribution in [1.82, 2.24) is 10.3 Å². The summed E-state index contributed by atoms with van der Waals surface area (Å²) in [7, 11) is 0. The van der Waals surface area contributed by atoms with Crippen LogP contribution in [-0.2, 0) is 0 Å². The molecule has 0 aliphatic rings. The molecule has 146 valence electrons. The van der Waals surface area contributed by atoms with E-state index in [1.807, 2.05) is 29.6 Å². The Kier molecular flexibility index (Phi) is 6.06. The van der Waals surface area contributed by atoms with Gasteiger partial charge >= 0.3 is 0 Å². The number of thiocarbonyl (C=S) groups is 1. The van der Waals surface area contributed by atoms with Crippen LogP contribution in [0.5, 0.6) is 0 Å². The molecule has 0 unspecified atom stereocenters. The number of thiophene rings is 1. The summed E-state index contributed by atoms with van der Waals surface area (Å²) in [6.07, 6.45) is 0. The van der Waals surface area contributed by atoms with Gasteiger partial charge in [-0.1, -0.05) is 53.0 Å². The Morgan fingerprint density at radius 3 is 2.66 bits per heavy atom. The topological polar surface area (TPSA) is 54.0 Å². The molecule has 0 spiro atoms. The fourth-order valence-corrected chi connectivity index (χ4v) is 5.49. The fourth-order valence-electron chi connectivity index (χ4n) is 2.60. The number of nitrogens with zero attached hydrogens (tertiary/aromatic N) is 1. The lowest BCUT2D eigenvalue weighted by molar-refractivity contribution is 0.0982. The molecule has 0 atom stereocenters. The SMILES string of the molecule is O=C(NC(=S)Nc1nc(-c2ccc(Cl)cc2Cl)cs1)c1sc2ccccc2c1Cl. The van der Waals surface area contributed by atoms with E-state index < -0.39 is 0 Å². The summed E-state index contributed by atoms with van der Waals surface area (Å²) in [5, 5.41) is 10.4. The number of thiazole rings is 1. The van der Waals surface area contributed by atoms with E-state index in [0.29, 0.717) is 30.8 Å². The molecule has 10 heteroatoms. The van der Waals surface area contributed by atoms with Gasteiger partial charge in [0.2, 0.25) is 0 Å². The molecule has 2 heterocycles. The summed E-state index contributed by atoms with van der Waals surface area (Å²) < 4.78 is 0.936. The van der Waals surface area contributed by atoms with Crippen molar-refractivity contribution in [2.45, 2.75) is 0 Å². The van der Waals surface area contributed by atoms with Gasteiger partial charge in [0.05, 0.1) is 15.7 Å². The standard InChI is InChI=1S/C19H10Cl3N3OS3/c20-9-5-6-10(12(21)7-9)13-8-28-19(23-13)25-18(27)24-17(26)16-15(22)11-3-1-2-4-14(11)29-16/h1-8H,(H2,23,24,25,26,27). The van der Waals surface area contributed by atoms with Gasteiger partial charge in [0.25, 0.3) is 5.91 Å². The van der Waals surface area contributed by atoms with Crippen molar-refractivity contribution in [1.29, 1.82) is 0 Å². The highest BCUT2D eigenvalue weighted by molar-refractivity contribution is 7.80. The third kappa shape index (κ3) is 4.40. The number of anilines is 1. The van der Waals surface area contributed by atoms with Gasteiger partial charge in [0.15, 0.2) is 10.2 Å². The monoisotopic (exact) mass is 497 g/mol. The summed E-state index contributed by atoms with van der Waals surface area (Å²) in [6.45, 7) is 0. The van der Waals surface area contributed by atoms with Gasteiger partial charge in [-0.3, -0.25) is 10.1 Å². The third-order valence-electron chi connectivity index (χ3n) is 3.90. The maximum Gasteiger partial charge on any atom is 0.269 e. The van der Waals surface area contributed by atoms with Crippen molar-refractivity contribution in [3.63, 3.8) is 0 Å². The second-order valence-electron chi connectivity index (χ2n) is 5.81. The van der Waals surface area contributed by atoms with Crippen LogP contribution < -0.4 is 10.6 Å². The van der Waals surface area contributed by atoms with E-state index in [1.54, 1.807) is 18.2 Å². The van der Waals surface area contributed by atoms with E-state index in [-0.39, 0.29) is 11.0 Å². The zero-order valence-corrected chi connectivity index (χ0v) is 19.1. The number of amides is 1. The molecule has 2 aromatic carbocycles. The number of carbonyl (C=O) groups excluding carboxylic acids is 1. The van der Waals surface area contributed by atoms with Crippen molar-refractivity contribution in [2.24, 2.45) is 0 Å². The summed E-state index contributed by atoms with van der Waals surface area (Å²) in [5.41, 5.74) is 1.44. The highest BCUT2D eigenvalue weighted by Crippen LogP contribution is 2.35. The van der Waals surface area contributed by atoms with Gasteiger partial charge in [-0.05, 0) is 36.5 Å². The Bertz CT molecular complexity index is 1250. The second-order valence-corrected chi connectivity index (χ2v) is 9.35. The number of nitrogens with one attached hydrogen (secondary N) is 2. The minimum absolute atomic E-state index is 0.131. The number of halogens is 3. The first-order valence-electron chi connectivity index (χ1n) is 8.12. The van der Waals surface area contributed by atoms with Gasteiger partial charge in [-0.25, -0.2) is 4.98 Å². The molecular formula is C19H10Cl3N3OS3. The molecular weight excluding hydrogens is 489 g/mol. The number of carbonyl (C=O) groups is 1. The normalized spacial score (nSPS) is 10.9. The van der Waals surface area contributed by atoms with Crippen LogP contribution >= 0.6 is 69.7 Å². The van der Waals surface area contributed by atoms with Gasteiger partial charge < -0.3 is 5.32 Å². The lowest BCUT2D eigenvalue weighted by Crippen LogP contribution is -2.33. The lowest BCUT2D eigenvalue weighted by Gasteiger charge is -2.06. The van der Waals surface area contributed by atoms with Crippen LogP contribution in [-0.4, -0.2) is 16.0 Å². The van der Waals surface area contributed by atoms with Crippen LogP contribution in [0.3, 0.4) is 0 Å². The van der Waals surface area contributed by atoms with Crippen LogP contribution in [0.15, 0.2) is 47.8 Å². The van der Waals surface area contributed by atoms with Crippen LogP contribution in [0.4, 0.5) is 5.13 Å². The third-order valence-corrected chi connectivity index (χ3v) is 7.08. The average Bonchev–Trinajstić information content (AvgIpc) is 3.26. The second kappa shape index (κ2) is 8.55. The zero-order chi connectivity index (χ0) is 20.5. The van der Waals surface area contributed by atoms with Crippen molar-refractivity contribution in [3.8, 4) is 11.3 Å². The van der Waals surface area contributed by atoms with Gasteiger partial charge in [-0.2, -0.15) is 0 Å². The van der Waals surface area contributed by atoms with E-state index in [9.17, 15) is 4.79 Å². The van der Waals surface area contributed by atoms with Gasteiger partial charge in [0, 0.05) is 26.1 Å². The van der Waals surface area contributed by atoms with Crippen molar-refractivity contribution in [3.05, 3.63) is 67.8 Å². The van der Waals surface area contributed by atoms with E-state index >= 15 is 0 Å². The highest BCUT2D eigenvalue weighted by Gasteiger charge is 2.18. The van der Waals surface area contributed by atoms with E-state index in [4.69, 9.17) is 47.0 Å². The summed E-state index contributed by atoms with van der Waals surface area (Å²) in [5.74, 6) is -0.369. The molecule has 0 saturated heterocycles. The molecule has 29 heavy (non-hydrogen) atoms. The van der Waals surface area contributed by atoms with Gasteiger partial charge in [0.1, 0.15) is 4.88 Å². The maximum absolute atomic E-state index is 12.6. The van der Waals surface area contributed by atoms with E-state index in [1.165, 1.54) is 22.7 Å². The molecule has 0 fully saturated rings. The molecule has 4 aromatic rings. The first kappa shape index (κ1) is 20.5. The molecule has 0 aliphatic heterocycles. The maximum atomic E-state index is 12.6. The first-order valence-corrected chi connectivity index (χ1v) is 11.4. The van der Waals surface area contributed by atoms with E-state index in [2.05, 4.69) is 15.6 Å². The van der Waals surface area contributed by atoms with Crippen molar-refractivity contribution < 1.29 is 4.79 Å². The Balaban J connectivity index is 1.46. The van der Waals surface area contributed by atoms with Crippen LogP contribution in [0, 0.1) is 0 Å². The quantitative estimate of drug-likeness (QED) is 0.295. The Hall–Kier alpha value is -1.74. The molecule has 4 nitrogen and oxygen atoms in total. The Morgan fingerprint density at radius 1 is 1.10 bits per heavy atom. The Labute approximate surface area is 194 Å². The molecule has 2 N–H and O–H groups in total. The summed E-state index contributed by atoms with van der Waals surface area (Å²) >= 11 is 26.4. The number of fused-ring (bicyclic) bond motifs is 1. The first-order chi connectivity index (χ1) is 13.9. The fraction of sp³-hybridized carbons (Fsp3) is 0. The highest BCUT2D eigenvalue weighted by atomic mass is 35.5. The smallest absolute Gasteiger partial charge is 0.269 e. The number of hydrogen-bond acceptors (Lipinski definition) is 5. The van der Waals surface area contributed by atoms with E-state index in [0.717, 1.165) is 15.6 Å². The van der Waals surface area contributed by atoms with Crippen LogP contribution in [0.2, 0.25) is 15.1 Å². The molecule has 2 aromatic heterocycles. The molecule has 4 rings (SSSR count). The average molecular weight is 499 g/mol. The molecule has 0 saturated carbocycles. The number of aromatic nitrogens is 1. The predicted molar refractivity (Wildman–Crippen MR) is 128 cm³/mol. The number of rotatable bonds is 3. The minimum Gasteiger partial charge on any atom is -0.308 e.